The smallest absolute Gasteiger partial charge is 0.399 e. The maximum Gasteiger partial charge on any atom is 0.495 e. The third-order valence-electron chi connectivity index (χ3n) is 4.99. The lowest BCUT2D eigenvalue weighted by molar-refractivity contribution is 0.00578. The second-order valence-electron chi connectivity index (χ2n) is 7.25. The van der Waals surface area contributed by atoms with E-state index < -0.39 is 7.12 Å². The average molecular weight is 304 g/mol. The van der Waals surface area contributed by atoms with Crippen molar-refractivity contribution in [3.63, 3.8) is 0 Å². The molecular weight excluding hydrogens is 279 g/mol. The second-order valence-corrected chi connectivity index (χ2v) is 7.25. The Labute approximate surface area is 132 Å². The van der Waals surface area contributed by atoms with Gasteiger partial charge in [-0.25, -0.2) is 4.98 Å². The van der Waals surface area contributed by atoms with Gasteiger partial charge in [0.2, 0.25) is 0 Å². The molecule has 0 saturated carbocycles. The standard InChI is InChI=1S/C16H25BN2O3/c1-15(2)16(3,4)22-17(21-15)12-8-13(19-14(18)9-12)11-6-5-7-20-10-11/h8-9,11H,5-7,10H2,1-4H3,(H2,18,19). The van der Waals surface area contributed by atoms with E-state index in [0.717, 1.165) is 30.6 Å². The van der Waals surface area contributed by atoms with Crippen molar-refractivity contribution in [2.75, 3.05) is 18.9 Å². The fourth-order valence-corrected chi connectivity index (χ4v) is 2.90. The van der Waals surface area contributed by atoms with Crippen LogP contribution in [0.5, 0.6) is 0 Å². The van der Waals surface area contributed by atoms with Crippen LogP contribution < -0.4 is 11.2 Å². The Morgan fingerprint density at radius 2 is 1.86 bits per heavy atom. The molecule has 0 bridgehead atoms. The Bertz CT molecular complexity index is 540. The third kappa shape index (κ3) is 2.87. The Morgan fingerprint density at radius 3 is 2.45 bits per heavy atom. The van der Waals surface area contributed by atoms with E-state index in [2.05, 4.69) is 11.1 Å². The Balaban J connectivity index is 1.87. The van der Waals surface area contributed by atoms with Crippen molar-refractivity contribution in [1.29, 1.82) is 0 Å². The van der Waals surface area contributed by atoms with Gasteiger partial charge < -0.3 is 19.8 Å². The minimum atomic E-state index is -0.404. The van der Waals surface area contributed by atoms with Gasteiger partial charge in [-0.1, -0.05) is 0 Å². The molecule has 1 aromatic heterocycles. The van der Waals surface area contributed by atoms with Gasteiger partial charge in [0.15, 0.2) is 0 Å². The number of pyridine rings is 1. The Kier molecular flexibility index (Phi) is 3.95. The van der Waals surface area contributed by atoms with Gasteiger partial charge >= 0.3 is 7.12 Å². The molecule has 1 atom stereocenters. The maximum atomic E-state index is 6.11. The first-order valence-corrected chi connectivity index (χ1v) is 7.99. The summed E-state index contributed by atoms with van der Waals surface area (Å²) in [6.45, 7) is 9.74. The van der Waals surface area contributed by atoms with Crippen molar-refractivity contribution < 1.29 is 14.0 Å². The molecule has 1 aromatic rings. The van der Waals surface area contributed by atoms with E-state index >= 15 is 0 Å². The van der Waals surface area contributed by atoms with Gasteiger partial charge in [-0.15, -0.1) is 0 Å². The highest BCUT2D eigenvalue weighted by Crippen LogP contribution is 2.36. The van der Waals surface area contributed by atoms with Crippen LogP contribution in [0.4, 0.5) is 5.82 Å². The fraction of sp³-hybridized carbons (Fsp3) is 0.688. The SMILES string of the molecule is CC1(C)OB(c2cc(N)nc(C3CCCOC3)c2)OC1(C)C. The highest BCUT2D eigenvalue weighted by molar-refractivity contribution is 6.62. The monoisotopic (exact) mass is 304 g/mol. The zero-order valence-corrected chi connectivity index (χ0v) is 13.9. The molecule has 1 unspecified atom stereocenters. The summed E-state index contributed by atoms with van der Waals surface area (Å²) in [5.41, 5.74) is 7.20. The maximum absolute atomic E-state index is 6.11. The molecule has 2 aliphatic heterocycles. The second kappa shape index (κ2) is 5.51. The van der Waals surface area contributed by atoms with E-state index in [1.165, 1.54) is 0 Å². The van der Waals surface area contributed by atoms with Crippen molar-refractivity contribution in [1.82, 2.24) is 4.98 Å². The first-order chi connectivity index (χ1) is 10.3. The zero-order valence-electron chi connectivity index (χ0n) is 13.9. The average Bonchev–Trinajstić information content (AvgIpc) is 2.68. The van der Waals surface area contributed by atoms with E-state index in [0.29, 0.717) is 18.3 Å². The number of hydrogen-bond acceptors (Lipinski definition) is 5. The van der Waals surface area contributed by atoms with Crippen LogP contribution in [0.3, 0.4) is 0 Å². The van der Waals surface area contributed by atoms with Crippen LogP contribution in [0.2, 0.25) is 0 Å². The van der Waals surface area contributed by atoms with E-state index in [1.807, 2.05) is 33.8 Å². The lowest BCUT2D eigenvalue weighted by Crippen LogP contribution is -2.41. The molecule has 0 spiro atoms. The number of nitrogen functional groups attached to an aromatic ring is 1. The van der Waals surface area contributed by atoms with Gasteiger partial charge in [-0.3, -0.25) is 0 Å². The molecular formula is C16H25BN2O3. The van der Waals surface area contributed by atoms with Crippen LogP contribution in [0.1, 0.15) is 52.1 Å². The molecule has 3 heterocycles. The minimum absolute atomic E-state index is 0.304. The third-order valence-corrected chi connectivity index (χ3v) is 4.99. The van der Waals surface area contributed by atoms with Gasteiger partial charge in [-0.05, 0) is 58.1 Å². The Morgan fingerprint density at radius 1 is 1.18 bits per heavy atom. The topological polar surface area (TPSA) is 66.6 Å². The molecule has 2 N–H and O–H groups in total. The highest BCUT2D eigenvalue weighted by Gasteiger charge is 2.51. The number of hydrogen-bond donors (Lipinski definition) is 1. The quantitative estimate of drug-likeness (QED) is 0.845. The number of anilines is 1. The molecule has 2 fully saturated rings. The summed E-state index contributed by atoms with van der Waals surface area (Å²) in [6, 6.07) is 3.90. The molecule has 0 radical (unpaired) electrons. The van der Waals surface area contributed by atoms with E-state index in [4.69, 9.17) is 19.8 Å². The van der Waals surface area contributed by atoms with Crippen molar-refractivity contribution in [3.8, 4) is 0 Å². The lowest BCUT2D eigenvalue weighted by Gasteiger charge is -2.32. The summed E-state index contributed by atoms with van der Waals surface area (Å²) in [5.74, 6) is 0.811. The largest absolute Gasteiger partial charge is 0.495 e. The van der Waals surface area contributed by atoms with Crippen molar-refractivity contribution in [3.05, 3.63) is 17.8 Å². The summed E-state index contributed by atoms with van der Waals surface area (Å²) in [7, 11) is -0.404. The predicted octanol–water partition coefficient (Wildman–Crippen LogP) is 1.86. The zero-order chi connectivity index (χ0) is 16.0. The van der Waals surface area contributed by atoms with Crippen LogP contribution >= 0.6 is 0 Å². The predicted molar refractivity (Wildman–Crippen MR) is 87.2 cm³/mol. The lowest BCUT2D eigenvalue weighted by atomic mass is 9.78. The number of nitrogens with zero attached hydrogens (tertiary/aromatic N) is 1. The molecule has 2 saturated heterocycles. The van der Waals surface area contributed by atoms with Gasteiger partial charge in [0.25, 0.3) is 0 Å². The Hall–Kier alpha value is -1.11. The number of nitrogens with two attached hydrogens (primary N) is 1. The minimum Gasteiger partial charge on any atom is -0.399 e. The molecule has 120 valence electrons. The summed E-state index contributed by atoms with van der Waals surface area (Å²) in [4.78, 5) is 4.49. The summed E-state index contributed by atoms with van der Waals surface area (Å²) in [5, 5.41) is 0. The molecule has 5 nitrogen and oxygen atoms in total. The molecule has 2 aliphatic rings. The number of ether oxygens (including phenoxy) is 1. The summed E-state index contributed by atoms with van der Waals surface area (Å²) < 4.78 is 17.8. The van der Waals surface area contributed by atoms with E-state index in [-0.39, 0.29) is 11.2 Å². The van der Waals surface area contributed by atoms with E-state index in [1.54, 1.807) is 0 Å². The van der Waals surface area contributed by atoms with Gasteiger partial charge in [0.1, 0.15) is 5.82 Å². The van der Waals surface area contributed by atoms with E-state index in [9.17, 15) is 0 Å². The number of rotatable bonds is 2. The first-order valence-electron chi connectivity index (χ1n) is 7.99. The highest BCUT2D eigenvalue weighted by atomic mass is 16.7. The molecule has 22 heavy (non-hydrogen) atoms. The van der Waals surface area contributed by atoms with Crippen LogP contribution in [-0.4, -0.2) is 36.5 Å². The van der Waals surface area contributed by atoms with Crippen LogP contribution in [0.15, 0.2) is 12.1 Å². The van der Waals surface area contributed by atoms with Crippen LogP contribution in [-0.2, 0) is 14.0 Å². The van der Waals surface area contributed by atoms with Crippen molar-refractivity contribution in [2.24, 2.45) is 0 Å². The molecule has 0 amide bonds. The molecule has 0 aromatic carbocycles. The van der Waals surface area contributed by atoms with Crippen LogP contribution in [0, 0.1) is 0 Å². The molecule has 3 rings (SSSR count). The normalized spacial score (nSPS) is 27.1. The molecule has 0 aliphatic carbocycles. The van der Waals surface area contributed by atoms with Gasteiger partial charge in [-0.2, -0.15) is 0 Å². The molecule has 6 heteroatoms. The first kappa shape index (κ1) is 15.8. The van der Waals surface area contributed by atoms with Crippen molar-refractivity contribution >= 4 is 18.4 Å². The summed E-state index contributed by atoms with van der Waals surface area (Å²) >= 11 is 0. The van der Waals surface area contributed by atoms with Gasteiger partial charge in [0.05, 0.1) is 17.8 Å². The van der Waals surface area contributed by atoms with Gasteiger partial charge in [0, 0.05) is 18.2 Å². The number of aromatic nitrogens is 1. The van der Waals surface area contributed by atoms with Crippen molar-refractivity contribution in [2.45, 2.75) is 57.7 Å². The summed E-state index contributed by atoms with van der Waals surface area (Å²) in [6.07, 6.45) is 2.15. The van der Waals surface area contributed by atoms with Crippen LogP contribution in [0.25, 0.3) is 0 Å². The fourth-order valence-electron chi connectivity index (χ4n) is 2.90.